The highest BCUT2D eigenvalue weighted by molar-refractivity contribution is 5.34. The van der Waals surface area contributed by atoms with Gasteiger partial charge in [-0.2, -0.15) is 9.78 Å². The summed E-state index contributed by atoms with van der Waals surface area (Å²) in [5.74, 6) is -1.75. The van der Waals surface area contributed by atoms with Crippen molar-refractivity contribution in [2.45, 2.75) is 12.7 Å². The van der Waals surface area contributed by atoms with E-state index in [4.69, 9.17) is 10.5 Å². The number of benzene rings is 1. The minimum absolute atomic E-state index is 0.114. The Morgan fingerprint density at radius 1 is 1.27 bits per heavy atom. The van der Waals surface area contributed by atoms with Crippen LogP contribution < -0.4 is 0 Å². The number of nitrogens with zero attached hydrogens (tertiary/aromatic N) is 1. The Balaban J connectivity index is 3.02. The normalized spacial score (nSPS) is 11.4. The third kappa shape index (κ3) is 2.28. The number of hydrogen-bond acceptors (Lipinski definition) is 6. The van der Waals surface area contributed by atoms with Crippen LogP contribution in [0.5, 0.6) is 0 Å². The quantitative estimate of drug-likeness (QED) is 0.343. The van der Waals surface area contributed by atoms with E-state index in [9.17, 15) is 10.1 Å². The molecule has 0 amide bonds. The van der Waals surface area contributed by atoms with Crippen LogP contribution in [0.15, 0.2) is 24.3 Å². The number of rotatable bonds is 4. The molecule has 82 valence electrons. The Morgan fingerprint density at radius 3 is 2.07 bits per heavy atom. The van der Waals surface area contributed by atoms with Crippen molar-refractivity contribution < 1.29 is 25.2 Å². The maximum Gasteiger partial charge on any atom is 0.269 e. The van der Waals surface area contributed by atoms with Crippen LogP contribution in [0.2, 0.25) is 0 Å². The fourth-order valence-electron chi connectivity index (χ4n) is 1.01. The number of nitro benzene ring substituents is 1. The standard InChI is InChI=1S/C8H9NO6/c1-8(14-12,15-13)6-2-4-7(5-3-6)9(10)11/h2-5,12-13H,1H3. The molecule has 7 nitrogen and oxygen atoms in total. The molecule has 1 aromatic rings. The Kier molecular flexibility index (Phi) is 3.32. The lowest BCUT2D eigenvalue weighted by Gasteiger charge is -2.21. The third-order valence-electron chi connectivity index (χ3n) is 1.95. The van der Waals surface area contributed by atoms with Gasteiger partial charge in [-0.05, 0) is 19.1 Å². The van der Waals surface area contributed by atoms with Crippen molar-refractivity contribution in [3.63, 3.8) is 0 Å². The van der Waals surface area contributed by atoms with E-state index in [1.165, 1.54) is 31.2 Å². The molecule has 2 N–H and O–H groups in total. The zero-order chi connectivity index (χ0) is 11.5. The van der Waals surface area contributed by atoms with E-state index in [1.807, 2.05) is 0 Å². The first-order valence-corrected chi connectivity index (χ1v) is 3.93. The summed E-state index contributed by atoms with van der Waals surface area (Å²) in [7, 11) is 0. The predicted octanol–water partition coefficient (Wildman–Crippen LogP) is 1.75. The van der Waals surface area contributed by atoms with Gasteiger partial charge >= 0.3 is 0 Å². The lowest BCUT2D eigenvalue weighted by atomic mass is 10.1. The topological polar surface area (TPSA) is 102 Å². The molecule has 0 bridgehead atoms. The summed E-state index contributed by atoms with van der Waals surface area (Å²) in [6.45, 7) is 1.24. The van der Waals surface area contributed by atoms with Crippen LogP contribution in [0.4, 0.5) is 5.69 Å². The summed E-state index contributed by atoms with van der Waals surface area (Å²) < 4.78 is 0. The van der Waals surface area contributed by atoms with Gasteiger partial charge in [0, 0.05) is 17.7 Å². The Morgan fingerprint density at radius 2 is 1.73 bits per heavy atom. The molecule has 1 aromatic carbocycles. The monoisotopic (exact) mass is 215 g/mol. The molecular weight excluding hydrogens is 206 g/mol. The first-order valence-electron chi connectivity index (χ1n) is 3.93. The van der Waals surface area contributed by atoms with E-state index < -0.39 is 10.7 Å². The molecule has 15 heavy (non-hydrogen) atoms. The molecule has 0 unspecified atom stereocenters. The molecule has 0 aliphatic heterocycles. The van der Waals surface area contributed by atoms with E-state index in [0.717, 1.165) is 0 Å². The highest BCUT2D eigenvalue weighted by Crippen LogP contribution is 2.26. The van der Waals surface area contributed by atoms with Gasteiger partial charge in [-0.3, -0.25) is 10.1 Å². The molecule has 0 radical (unpaired) electrons. The maximum absolute atomic E-state index is 10.3. The van der Waals surface area contributed by atoms with Crippen LogP contribution in [-0.2, 0) is 15.6 Å². The highest BCUT2D eigenvalue weighted by atomic mass is 17.2. The summed E-state index contributed by atoms with van der Waals surface area (Å²) >= 11 is 0. The van der Waals surface area contributed by atoms with Crippen molar-refractivity contribution >= 4 is 5.69 Å². The predicted molar refractivity (Wildman–Crippen MR) is 47.9 cm³/mol. The SMILES string of the molecule is CC(OO)(OO)c1ccc([N+](=O)[O-])cc1. The second kappa shape index (κ2) is 4.32. The summed E-state index contributed by atoms with van der Waals surface area (Å²) in [4.78, 5) is 17.6. The molecule has 0 heterocycles. The molecule has 0 atom stereocenters. The van der Waals surface area contributed by atoms with Crippen LogP contribution in [0, 0.1) is 10.1 Å². The minimum atomic E-state index is -1.75. The number of nitro groups is 1. The second-order valence-corrected chi connectivity index (χ2v) is 2.93. The van der Waals surface area contributed by atoms with Crippen molar-refractivity contribution in [1.29, 1.82) is 0 Å². The first kappa shape index (κ1) is 11.5. The molecule has 0 saturated carbocycles. The van der Waals surface area contributed by atoms with E-state index in [2.05, 4.69) is 9.78 Å². The smallest absolute Gasteiger partial charge is 0.258 e. The molecule has 7 heteroatoms. The van der Waals surface area contributed by atoms with Crippen LogP contribution in [0.1, 0.15) is 12.5 Å². The van der Waals surface area contributed by atoms with Gasteiger partial charge in [0.15, 0.2) is 0 Å². The lowest BCUT2D eigenvalue weighted by molar-refractivity contribution is -0.489. The van der Waals surface area contributed by atoms with E-state index in [0.29, 0.717) is 0 Å². The maximum atomic E-state index is 10.3. The van der Waals surface area contributed by atoms with Crippen LogP contribution in [0.3, 0.4) is 0 Å². The van der Waals surface area contributed by atoms with Crippen molar-refractivity contribution in [2.75, 3.05) is 0 Å². The Hall–Kier alpha value is -1.54. The average Bonchev–Trinajstić information content (AvgIpc) is 2.28. The zero-order valence-corrected chi connectivity index (χ0v) is 7.78. The van der Waals surface area contributed by atoms with Gasteiger partial charge in [0.05, 0.1) is 4.92 Å². The molecule has 0 fully saturated rings. The number of non-ortho nitro benzene ring substituents is 1. The lowest BCUT2D eigenvalue weighted by Crippen LogP contribution is -2.26. The van der Waals surface area contributed by atoms with Crippen LogP contribution in [0.25, 0.3) is 0 Å². The van der Waals surface area contributed by atoms with Gasteiger partial charge in [-0.15, -0.1) is 0 Å². The van der Waals surface area contributed by atoms with Gasteiger partial charge in [0.25, 0.3) is 11.5 Å². The Bertz CT molecular complexity index is 345. The van der Waals surface area contributed by atoms with E-state index in [1.54, 1.807) is 0 Å². The molecule has 1 rings (SSSR count). The summed E-state index contributed by atoms with van der Waals surface area (Å²) in [6, 6.07) is 4.99. The average molecular weight is 215 g/mol. The first-order chi connectivity index (χ1) is 7.03. The van der Waals surface area contributed by atoms with Crippen molar-refractivity contribution in [2.24, 2.45) is 0 Å². The molecule has 0 aliphatic rings. The molecule has 0 saturated heterocycles. The van der Waals surface area contributed by atoms with Gasteiger partial charge in [0.1, 0.15) is 0 Å². The summed E-state index contributed by atoms with van der Waals surface area (Å²) in [6.07, 6.45) is 0. The van der Waals surface area contributed by atoms with Crippen LogP contribution >= 0.6 is 0 Å². The molecule has 0 aliphatic carbocycles. The minimum Gasteiger partial charge on any atom is -0.258 e. The van der Waals surface area contributed by atoms with Crippen molar-refractivity contribution in [3.8, 4) is 0 Å². The molecule has 0 spiro atoms. The van der Waals surface area contributed by atoms with Gasteiger partial charge in [-0.1, -0.05) is 0 Å². The van der Waals surface area contributed by atoms with E-state index in [-0.39, 0.29) is 11.3 Å². The number of hydrogen-bond donors (Lipinski definition) is 2. The fraction of sp³-hybridized carbons (Fsp3) is 0.250. The highest BCUT2D eigenvalue weighted by Gasteiger charge is 2.30. The van der Waals surface area contributed by atoms with Gasteiger partial charge in [0.2, 0.25) is 0 Å². The van der Waals surface area contributed by atoms with Gasteiger partial charge in [-0.25, -0.2) is 10.5 Å². The van der Waals surface area contributed by atoms with E-state index >= 15 is 0 Å². The van der Waals surface area contributed by atoms with Gasteiger partial charge < -0.3 is 0 Å². The zero-order valence-electron chi connectivity index (χ0n) is 7.78. The molecular formula is C8H9NO6. The summed E-state index contributed by atoms with van der Waals surface area (Å²) in [5.41, 5.74) is 0.120. The third-order valence-corrected chi connectivity index (χ3v) is 1.95. The fourth-order valence-corrected chi connectivity index (χ4v) is 1.01. The van der Waals surface area contributed by atoms with Crippen molar-refractivity contribution in [3.05, 3.63) is 39.9 Å². The second-order valence-electron chi connectivity index (χ2n) is 2.93. The Labute approximate surface area is 84.5 Å². The van der Waals surface area contributed by atoms with Crippen LogP contribution in [-0.4, -0.2) is 15.4 Å². The largest absolute Gasteiger partial charge is 0.269 e. The summed E-state index contributed by atoms with van der Waals surface area (Å²) in [5, 5.41) is 27.3. The van der Waals surface area contributed by atoms with Crippen molar-refractivity contribution in [1.82, 2.24) is 0 Å². The molecule has 0 aromatic heterocycles.